The molecule has 5 rings (SSSR count). The van der Waals surface area contributed by atoms with E-state index in [0.29, 0.717) is 18.0 Å². The van der Waals surface area contributed by atoms with E-state index in [9.17, 15) is 20.0 Å². The summed E-state index contributed by atoms with van der Waals surface area (Å²) in [5.74, 6) is -0.433. The third-order valence-corrected chi connectivity index (χ3v) is 5.84. The summed E-state index contributed by atoms with van der Waals surface area (Å²) in [4.78, 5) is 25.9. The molecule has 7 nitrogen and oxygen atoms in total. The number of aliphatic hydroxyl groups is 1. The van der Waals surface area contributed by atoms with Crippen molar-refractivity contribution < 1.29 is 19.6 Å². The van der Waals surface area contributed by atoms with Crippen LogP contribution in [0.1, 0.15) is 24.0 Å². The van der Waals surface area contributed by atoms with Crippen molar-refractivity contribution >= 4 is 11.7 Å². The molecule has 3 aliphatic rings. The van der Waals surface area contributed by atoms with E-state index in [0.717, 1.165) is 25.9 Å². The molecule has 0 amide bonds. The highest BCUT2D eigenvalue weighted by Crippen LogP contribution is 2.35. The maximum Gasteiger partial charge on any atom is 0.348 e. The highest BCUT2D eigenvalue weighted by Gasteiger charge is 2.45. The summed E-state index contributed by atoms with van der Waals surface area (Å²) in [6.07, 6.45) is 1.72. The van der Waals surface area contributed by atoms with Crippen molar-refractivity contribution in [1.29, 1.82) is 0 Å². The second kappa shape index (κ2) is 7.33. The van der Waals surface area contributed by atoms with E-state index in [4.69, 9.17) is 4.74 Å². The van der Waals surface area contributed by atoms with Crippen molar-refractivity contribution in [1.82, 2.24) is 4.90 Å². The zero-order valence-corrected chi connectivity index (χ0v) is 15.4. The molecule has 28 heavy (non-hydrogen) atoms. The number of hydrogen-bond acceptors (Lipinski definition) is 6. The van der Waals surface area contributed by atoms with Crippen molar-refractivity contribution in [3.8, 4) is 0 Å². The predicted molar refractivity (Wildman–Crippen MR) is 102 cm³/mol. The third kappa shape index (κ3) is 3.27. The molecule has 3 heterocycles. The Morgan fingerprint density at radius 3 is 2.21 bits per heavy atom. The number of nitro benzene ring substituents is 1. The van der Waals surface area contributed by atoms with Crippen LogP contribution in [0.15, 0.2) is 54.6 Å². The summed E-state index contributed by atoms with van der Waals surface area (Å²) >= 11 is 0. The molecule has 0 spiro atoms. The molecule has 2 atom stereocenters. The minimum Gasteiger partial charge on any atom is -0.458 e. The number of carbonyl (C=O) groups is 1. The number of hydrogen-bond donors (Lipinski definition) is 1. The molecule has 2 aromatic carbocycles. The molecule has 3 fully saturated rings. The zero-order chi connectivity index (χ0) is 19.7. The first-order chi connectivity index (χ1) is 13.5. The van der Waals surface area contributed by atoms with Gasteiger partial charge in [-0.25, -0.2) is 4.79 Å². The lowest BCUT2D eigenvalue weighted by atomic mass is 9.84. The van der Waals surface area contributed by atoms with E-state index >= 15 is 0 Å². The lowest BCUT2D eigenvalue weighted by Crippen LogP contribution is -2.53. The molecule has 0 aliphatic carbocycles. The molecule has 146 valence electrons. The molecule has 0 radical (unpaired) electrons. The van der Waals surface area contributed by atoms with Crippen LogP contribution in [0.4, 0.5) is 5.69 Å². The van der Waals surface area contributed by atoms with Gasteiger partial charge in [-0.3, -0.25) is 15.0 Å². The number of piperidine rings is 3. The first-order valence-corrected chi connectivity index (χ1v) is 9.45. The molecule has 3 aliphatic heterocycles. The van der Waals surface area contributed by atoms with Crippen LogP contribution < -0.4 is 0 Å². The number of esters is 1. The molecule has 7 heteroatoms. The standard InChI is InChI=1S/C21H22N2O5/c24-20(28-19-14-22-12-10-15(19)11-13-22)21(25,16-4-2-1-3-5-16)17-6-8-18(9-7-17)23(26)27/h1-9,15,19,25H,10-14H2. The Bertz CT molecular complexity index is 862. The summed E-state index contributed by atoms with van der Waals surface area (Å²) in [6, 6.07) is 13.9. The molecular weight excluding hydrogens is 360 g/mol. The van der Waals surface area contributed by atoms with Crippen molar-refractivity contribution in [3.63, 3.8) is 0 Å². The smallest absolute Gasteiger partial charge is 0.348 e. The number of carbonyl (C=O) groups excluding carboxylic acids is 1. The van der Waals surface area contributed by atoms with Gasteiger partial charge in [0.25, 0.3) is 5.69 Å². The summed E-state index contributed by atoms with van der Waals surface area (Å²) in [5.41, 5.74) is -1.52. The van der Waals surface area contributed by atoms with Gasteiger partial charge in [0.15, 0.2) is 0 Å². The van der Waals surface area contributed by atoms with E-state index in [1.54, 1.807) is 30.3 Å². The first-order valence-electron chi connectivity index (χ1n) is 9.45. The molecule has 2 unspecified atom stereocenters. The van der Waals surface area contributed by atoms with Gasteiger partial charge in [-0.1, -0.05) is 30.3 Å². The Morgan fingerprint density at radius 2 is 1.68 bits per heavy atom. The average molecular weight is 382 g/mol. The van der Waals surface area contributed by atoms with Gasteiger partial charge in [0.1, 0.15) is 6.10 Å². The fourth-order valence-electron chi connectivity index (χ4n) is 4.17. The van der Waals surface area contributed by atoms with E-state index < -0.39 is 16.5 Å². The topological polar surface area (TPSA) is 92.9 Å². The number of nitro groups is 1. The SMILES string of the molecule is O=C(OC1CN2CCC1CC2)C(O)(c1ccccc1)c1ccc([N+](=O)[O-])cc1. The molecular formula is C21H22N2O5. The molecule has 2 bridgehead atoms. The Hall–Kier alpha value is -2.77. The first kappa shape index (κ1) is 18.6. The van der Waals surface area contributed by atoms with Gasteiger partial charge < -0.3 is 9.84 Å². The number of nitrogens with zero attached hydrogens (tertiary/aromatic N) is 2. The molecule has 0 aromatic heterocycles. The highest BCUT2D eigenvalue weighted by molar-refractivity contribution is 5.85. The van der Waals surface area contributed by atoms with Crippen LogP contribution >= 0.6 is 0 Å². The van der Waals surface area contributed by atoms with Crippen LogP contribution in [-0.2, 0) is 15.1 Å². The molecule has 3 saturated heterocycles. The van der Waals surface area contributed by atoms with Gasteiger partial charge in [-0.05, 0) is 55.1 Å². The van der Waals surface area contributed by atoms with Gasteiger partial charge in [0.05, 0.1) is 4.92 Å². The number of non-ortho nitro benzene ring substituents is 1. The van der Waals surface area contributed by atoms with E-state index in [-0.39, 0.29) is 17.4 Å². The van der Waals surface area contributed by atoms with Crippen LogP contribution in [0, 0.1) is 16.0 Å². The van der Waals surface area contributed by atoms with Gasteiger partial charge in [-0.2, -0.15) is 0 Å². The van der Waals surface area contributed by atoms with Crippen molar-refractivity contribution in [2.75, 3.05) is 19.6 Å². The molecule has 1 N–H and O–H groups in total. The second-order valence-electron chi connectivity index (χ2n) is 7.46. The predicted octanol–water partition coefficient (Wildman–Crippen LogP) is 2.47. The number of ether oxygens (including phenoxy) is 1. The Morgan fingerprint density at radius 1 is 1.07 bits per heavy atom. The summed E-state index contributed by atoms with van der Waals surface area (Å²) < 4.78 is 5.81. The summed E-state index contributed by atoms with van der Waals surface area (Å²) in [7, 11) is 0. The maximum absolute atomic E-state index is 13.2. The largest absolute Gasteiger partial charge is 0.458 e. The third-order valence-electron chi connectivity index (χ3n) is 5.84. The quantitative estimate of drug-likeness (QED) is 0.485. The molecule has 0 saturated carbocycles. The Balaban J connectivity index is 1.67. The zero-order valence-electron chi connectivity index (χ0n) is 15.4. The number of fused-ring (bicyclic) bond motifs is 3. The van der Waals surface area contributed by atoms with Crippen LogP contribution in [0.3, 0.4) is 0 Å². The summed E-state index contributed by atoms with van der Waals surface area (Å²) in [5, 5.41) is 22.4. The van der Waals surface area contributed by atoms with E-state index in [1.807, 2.05) is 0 Å². The Labute approximate surface area is 162 Å². The van der Waals surface area contributed by atoms with Gasteiger partial charge in [0.2, 0.25) is 5.60 Å². The van der Waals surface area contributed by atoms with Crippen molar-refractivity contribution in [2.24, 2.45) is 5.92 Å². The van der Waals surface area contributed by atoms with Crippen molar-refractivity contribution in [2.45, 2.75) is 24.5 Å². The molecule has 2 aromatic rings. The van der Waals surface area contributed by atoms with Crippen LogP contribution in [0.25, 0.3) is 0 Å². The number of rotatable bonds is 5. The maximum atomic E-state index is 13.2. The van der Waals surface area contributed by atoms with E-state index in [1.165, 1.54) is 24.3 Å². The van der Waals surface area contributed by atoms with Gasteiger partial charge >= 0.3 is 5.97 Å². The summed E-state index contributed by atoms with van der Waals surface area (Å²) in [6.45, 7) is 2.72. The van der Waals surface area contributed by atoms with Gasteiger partial charge in [0, 0.05) is 18.7 Å². The Kier molecular flexibility index (Phi) is 4.87. The monoisotopic (exact) mass is 382 g/mol. The van der Waals surface area contributed by atoms with Crippen LogP contribution in [0.5, 0.6) is 0 Å². The minimum atomic E-state index is -2.03. The fourth-order valence-corrected chi connectivity index (χ4v) is 4.17. The van der Waals surface area contributed by atoms with Crippen LogP contribution in [0.2, 0.25) is 0 Å². The lowest BCUT2D eigenvalue weighted by Gasteiger charge is -2.44. The highest BCUT2D eigenvalue weighted by atomic mass is 16.6. The average Bonchev–Trinajstić information content (AvgIpc) is 2.74. The number of benzene rings is 2. The van der Waals surface area contributed by atoms with Gasteiger partial charge in [-0.15, -0.1) is 0 Å². The fraction of sp³-hybridized carbons (Fsp3) is 0.381. The van der Waals surface area contributed by atoms with Crippen molar-refractivity contribution in [3.05, 3.63) is 75.8 Å². The minimum absolute atomic E-state index is 0.107. The van der Waals surface area contributed by atoms with E-state index in [2.05, 4.69) is 4.90 Å². The second-order valence-corrected chi connectivity index (χ2v) is 7.46. The lowest BCUT2D eigenvalue weighted by molar-refractivity contribution is -0.384. The van der Waals surface area contributed by atoms with Crippen LogP contribution in [-0.4, -0.2) is 46.6 Å². The normalized spacial score (nSPS) is 25.7.